The highest BCUT2D eigenvalue weighted by molar-refractivity contribution is 6.17. The van der Waals surface area contributed by atoms with E-state index >= 15 is 0 Å². The number of rotatable bonds is 4. The van der Waals surface area contributed by atoms with Crippen LogP contribution in [0.1, 0.15) is 32.3 Å². The lowest BCUT2D eigenvalue weighted by Crippen LogP contribution is -2.42. The van der Waals surface area contributed by atoms with Crippen LogP contribution >= 0.6 is 11.6 Å². The first-order valence-corrected chi connectivity index (χ1v) is 7.52. The highest BCUT2D eigenvalue weighted by atomic mass is 35.5. The maximum Gasteiger partial charge on any atom is 0.240 e. The molecule has 0 bridgehead atoms. The fourth-order valence-corrected chi connectivity index (χ4v) is 2.59. The lowest BCUT2D eigenvalue weighted by atomic mass is 10.1. The van der Waals surface area contributed by atoms with Crippen LogP contribution in [0.2, 0.25) is 0 Å². The Balaban J connectivity index is 2.40. The largest absolute Gasteiger partial charge is 0.350 e. The first-order chi connectivity index (χ1) is 9.73. The molecule has 0 aliphatic heterocycles. The first-order valence-electron chi connectivity index (χ1n) is 6.98. The molecule has 0 fully saturated rings. The number of carbonyl (C=O) groups is 1. The minimum absolute atomic E-state index is 0.0449. The molecule has 116 valence electrons. The number of aryl methyl sites for hydroxylation is 3. The summed E-state index contributed by atoms with van der Waals surface area (Å²) in [5, 5.41) is 7.33. The number of nitrogens with one attached hydrogen (secondary N) is 1. The molecular weight excluding hydrogens is 290 g/mol. The van der Waals surface area contributed by atoms with Crippen LogP contribution in [0, 0.1) is 6.92 Å². The van der Waals surface area contributed by atoms with Gasteiger partial charge in [-0.25, -0.2) is 4.98 Å². The standard InChI is InChI=1S/C14H22ClN5O/c1-9-12-13(19(5)18-9)20(10(16-12)6-7-15)8-11(21)17-14(2,3)4/h6-8H2,1-5H3,(H,17,21). The van der Waals surface area contributed by atoms with E-state index in [1.807, 2.05) is 39.3 Å². The summed E-state index contributed by atoms with van der Waals surface area (Å²) < 4.78 is 3.67. The molecule has 0 atom stereocenters. The van der Waals surface area contributed by atoms with Gasteiger partial charge >= 0.3 is 0 Å². The molecule has 1 amide bonds. The molecule has 7 heteroatoms. The van der Waals surface area contributed by atoms with Crippen LogP contribution in [-0.2, 0) is 24.8 Å². The molecule has 1 N–H and O–H groups in total. The van der Waals surface area contributed by atoms with Gasteiger partial charge in [-0.1, -0.05) is 0 Å². The summed E-state index contributed by atoms with van der Waals surface area (Å²) in [6.45, 7) is 8.02. The second-order valence-electron chi connectivity index (χ2n) is 6.23. The van der Waals surface area contributed by atoms with E-state index in [1.54, 1.807) is 4.68 Å². The lowest BCUT2D eigenvalue weighted by Gasteiger charge is -2.21. The molecule has 6 nitrogen and oxygen atoms in total. The van der Waals surface area contributed by atoms with Gasteiger partial charge in [-0.2, -0.15) is 5.10 Å². The van der Waals surface area contributed by atoms with Crippen LogP contribution in [0.4, 0.5) is 0 Å². The number of aromatic nitrogens is 4. The van der Waals surface area contributed by atoms with Crippen molar-refractivity contribution in [1.29, 1.82) is 0 Å². The Labute approximate surface area is 129 Å². The number of halogens is 1. The van der Waals surface area contributed by atoms with Gasteiger partial charge in [0.25, 0.3) is 0 Å². The van der Waals surface area contributed by atoms with Gasteiger partial charge in [0.05, 0.1) is 5.69 Å². The summed E-state index contributed by atoms with van der Waals surface area (Å²) in [6, 6.07) is 0. The van der Waals surface area contributed by atoms with Gasteiger partial charge in [-0.15, -0.1) is 11.6 Å². The topological polar surface area (TPSA) is 64.7 Å². The van der Waals surface area contributed by atoms with Crippen molar-refractivity contribution >= 4 is 28.7 Å². The number of fused-ring (bicyclic) bond motifs is 1. The average Bonchev–Trinajstić information content (AvgIpc) is 2.78. The third-order valence-corrected chi connectivity index (χ3v) is 3.29. The fourth-order valence-electron chi connectivity index (χ4n) is 2.42. The minimum atomic E-state index is -0.258. The summed E-state index contributed by atoms with van der Waals surface area (Å²) >= 11 is 5.85. The van der Waals surface area contributed by atoms with E-state index in [-0.39, 0.29) is 18.0 Å². The van der Waals surface area contributed by atoms with E-state index < -0.39 is 0 Å². The molecule has 21 heavy (non-hydrogen) atoms. The third kappa shape index (κ3) is 3.37. The molecule has 2 rings (SSSR count). The number of imidazole rings is 1. The molecule has 0 unspecified atom stereocenters. The number of alkyl halides is 1. The highest BCUT2D eigenvalue weighted by Gasteiger charge is 2.20. The SMILES string of the molecule is Cc1nn(C)c2c1nc(CCCl)n2CC(=O)NC(C)(C)C. The summed E-state index contributed by atoms with van der Waals surface area (Å²) in [7, 11) is 1.86. The van der Waals surface area contributed by atoms with Gasteiger partial charge in [0.1, 0.15) is 17.9 Å². The van der Waals surface area contributed by atoms with E-state index in [0.717, 1.165) is 22.7 Å². The molecule has 0 aromatic carbocycles. The summed E-state index contributed by atoms with van der Waals surface area (Å²) in [5.74, 6) is 1.24. The monoisotopic (exact) mass is 311 g/mol. The highest BCUT2D eigenvalue weighted by Crippen LogP contribution is 2.19. The van der Waals surface area contributed by atoms with Crippen molar-refractivity contribution in [3.05, 3.63) is 11.5 Å². The average molecular weight is 312 g/mol. The zero-order chi connectivity index (χ0) is 15.8. The number of hydrogen-bond donors (Lipinski definition) is 1. The van der Waals surface area contributed by atoms with Gasteiger partial charge in [-0.05, 0) is 27.7 Å². The van der Waals surface area contributed by atoms with Crippen LogP contribution < -0.4 is 5.32 Å². The van der Waals surface area contributed by atoms with Crippen LogP contribution in [0.15, 0.2) is 0 Å². The number of amides is 1. The summed E-state index contributed by atoms with van der Waals surface area (Å²) in [6.07, 6.45) is 0.623. The Morgan fingerprint density at radius 3 is 2.62 bits per heavy atom. The van der Waals surface area contributed by atoms with Crippen molar-refractivity contribution < 1.29 is 4.79 Å². The maximum absolute atomic E-state index is 12.2. The zero-order valence-corrected chi connectivity index (χ0v) is 14.0. The summed E-state index contributed by atoms with van der Waals surface area (Å²) in [4.78, 5) is 16.8. The molecular formula is C14H22ClN5O. The second kappa shape index (κ2) is 5.67. The normalized spacial score (nSPS) is 12.1. The van der Waals surface area contributed by atoms with Gasteiger partial charge < -0.3 is 9.88 Å². The van der Waals surface area contributed by atoms with E-state index in [0.29, 0.717) is 12.3 Å². The predicted molar refractivity (Wildman–Crippen MR) is 83.6 cm³/mol. The number of hydrogen-bond acceptors (Lipinski definition) is 3. The van der Waals surface area contributed by atoms with Crippen molar-refractivity contribution in [2.24, 2.45) is 7.05 Å². The molecule has 2 aromatic heterocycles. The van der Waals surface area contributed by atoms with Gasteiger partial charge in [0.2, 0.25) is 5.91 Å². The minimum Gasteiger partial charge on any atom is -0.350 e. The van der Waals surface area contributed by atoms with E-state index in [1.165, 1.54) is 0 Å². The Morgan fingerprint density at radius 2 is 2.05 bits per heavy atom. The Hall–Kier alpha value is -1.56. The second-order valence-corrected chi connectivity index (χ2v) is 6.61. The molecule has 0 saturated heterocycles. The molecule has 0 spiro atoms. The predicted octanol–water partition coefficient (Wildman–Crippen LogP) is 1.77. The molecule has 2 aromatic rings. The van der Waals surface area contributed by atoms with Gasteiger partial charge in [0.15, 0.2) is 5.65 Å². The van der Waals surface area contributed by atoms with Gasteiger partial charge in [0, 0.05) is 24.9 Å². The van der Waals surface area contributed by atoms with Crippen molar-refractivity contribution in [1.82, 2.24) is 24.6 Å². The Kier molecular flexibility index (Phi) is 4.27. The third-order valence-electron chi connectivity index (χ3n) is 3.10. The molecule has 0 aliphatic carbocycles. The fraction of sp³-hybridized carbons (Fsp3) is 0.643. The van der Waals surface area contributed by atoms with E-state index in [2.05, 4.69) is 15.4 Å². The zero-order valence-electron chi connectivity index (χ0n) is 13.2. The van der Waals surface area contributed by atoms with Crippen molar-refractivity contribution in [3.8, 4) is 0 Å². The molecule has 0 aliphatic rings. The van der Waals surface area contributed by atoms with E-state index in [4.69, 9.17) is 11.6 Å². The molecule has 2 heterocycles. The quantitative estimate of drug-likeness (QED) is 0.875. The molecule has 0 radical (unpaired) electrons. The maximum atomic E-state index is 12.2. The number of nitrogens with zero attached hydrogens (tertiary/aromatic N) is 4. The molecule has 0 saturated carbocycles. The van der Waals surface area contributed by atoms with Crippen molar-refractivity contribution in [2.75, 3.05) is 5.88 Å². The Morgan fingerprint density at radius 1 is 1.38 bits per heavy atom. The summed E-state index contributed by atoms with van der Waals surface area (Å²) in [5.41, 5.74) is 2.29. The Bertz CT molecular complexity index is 665. The first kappa shape index (κ1) is 15.8. The van der Waals surface area contributed by atoms with Gasteiger partial charge in [-0.3, -0.25) is 9.48 Å². The van der Waals surface area contributed by atoms with E-state index in [9.17, 15) is 4.79 Å². The van der Waals surface area contributed by atoms with Crippen molar-refractivity contribution in [3.63, 3.8) is 0 Å². The van der Waals surface area contributed by atoms with Crippen LogP contribution in [0.5, 0.6) is 0 Å². The van der Waals surface area contributed by atoms with Crippen LogP contribution in [0.25, 0.3) is 11.2 Å². The van der Waals surface area contributed by atoms with Crippen LogP contribution in [-0.4, -0.2) is 36.7 Å². The van der Waals surface area contributed by atoms with Crippen LogP contribution in [0.3, 0.4) is 0 Å². The van der Waals surface area contributed by atoms with Crippen molar-refractivity contribution in [2.45, 2.75) is 46.2 Å². The lowest BCUT2D eigenvalue weighted by molar-refractivity contribution is -0.123. The number of carbonyl (C=O) groups excluding carboxylic acids is 1. The smallest absolute Gasteiger partial charge is 0.240 e.